The highest BCUT2D eigenvalue weighted by Gasteiger charge is 2.16. The molecule has 1 amide bonds. The van der Waals surface area contributed by atoms with Crippen LogP contribution in [0.1, 0.15) is 32.8 Å². The van der Waals surface area contributed by atoms with Crippen LogP contribution in [0.4, 0.5) is 18.9 Å². The molecule has 0 aliphatic heterocycles. The Morgan fingerprint density at radius 3 is 2.77 bits per heavy atom. The number of aryl methyl sites for hydroxylation is 2. The first-order valence-electron chi connectivity index (χ1n) is 9.35. The smallest absolute Gasteiger partial charge is 0.387 e. The molecule has 4 rings (SSSR count). The van der Waals surface area contributed by atoms with Gasteiger partial charge in [0, 0.05) is 11.6 Å². The van der Waals surface area contributed by atoms with Crippen LogP contribution in [0.25, 0.3) is 0 Å². The molecule has 1 aromatic heterocycles. The number of rotatable bonds is 7. The molecule has 4 nitrogen and oxygen atoms in total. The van der Waals surface area contributed by atoms with Crippen molar-refractivity contribution in [2.24, 2.45) is 0 Å². The van der Waals surface area contributed by atoms with Gasteiger partial charge in [-0.25, -0.2) is 4.39 Å². The summed E-state index contributed by atoms with van der Waals surface area (Å²) in [7, 11) is 0. The Morgan fingerprint density at radius 1 is 1.10 bits per heavy atom. The van der Waals surface area contributed by atoms with Crippen molar-refractivity contribution < 1.29 is 27.4 Å². The molecule has 1 N–H and O–H groups in total. The fourth-order valence-electron chi connectivity index (χ4n) is 3.35. The molecule has 1 aliphatic rings. The van der Waals surface area contributed by atoms with Crippen LogP contribution in [-0.2, 0) is 19.4 Å². The maximum Gasteiger partial charge on any atom is 0.387 e. The van der Waals surface area contributed by atoms with Crippen molar-refractivity contribution in [1.82, 2.24) is 0 Å². The minimum absolute atomic E-state index is 0.0361. The van der Waals surface area contributed by atoms with E-state index in [-0.39, 0.29) is 5.69 Å². The zero-order chi connectivity index (χ0) is 21.1. The van der Waals surface area contributed by atoms with Crippen LogP contribution in [0.5, 0.6) is 11.5 Å². The fourth-order valence-corrected chi connectivity index (χ4v) is 4.14. The van der Waals surface area contributed by atoms with Crippen molar-refractivity contribution in [2.75, 3.05) is 5.32 Å². The Balaban J connectivity index is 1.40. The lowest BCUT2D eigenvalue weighted by atomic mass is 10.1. The fraction of sp³-hybridized carbons (Fsp3) is 0.227. The van der Waals surface area contributed by atoms with E-state index in [1.807, 2.05) is 6.07 Å². The summed E-state index contributed by atoms with van der Waals surface area (Å²) in [5, 5.41) is 4.28. The monoisotopic (exact) mass is 433 g/mol. The number of hydrogen-bond donors (Lipinski definition) is 1. The van der Waals surface area contributed by atoms with Crippen LogP contribution < -0.4 is 14.8 Å². The van der Waals surface area contributed by atoms with Crippen molar-refractivity contribution in [3.8, 4) is 11.5 Å². The van der Waals surface area contributed by atoms with Gasteiger partial charge in [0.15, 0.2) is 5.75 Å². The van der Waals surface area contributed by atoms with Crippen molar-refractivity contribution in [3.05, 3.63) is 75.2 Å². The number of anilines is 1. The predicted molar refractivity (Wildman–Crippen MR) is 108 cm³/mol. The van der Waals surface area contributed by atoms with Gasteiger partial charge in [0.05, 0.1) is 10.6 Å². The summed E-state index contributed by atoms with van der Waals surface area (Å²) in [6.45, 7) is -2.83. The molecule has 0 radical (unpaired) electrons. The molecule has 0 unspecified atom stereocenters. The summed E-state index contributed by atoms with van der Waals surface area (Å²) in [4.78, 5) is 12.8. The quantitative estimate of drug-likeness (QED) is 0.512. The third-order valence-electron chi connectivity index (χ3n) is 4.76. The minimum Gasteiger partial charge on any atom is -0.489 e. The highest BCUT2D eigenvalue weighted by atomic mass is 32.1. The van der Waals surface area contributed by atoms with E-state index >= 15 is 0 Å². The van der Waals surface area contributed by atoms with Crippen LogP contribution in [0.3, 0.4) is 0 Å². The zero-order valence-electron chi connectivity index (χ0n) is 15.8. The van der Waals surface area contributed by atoms with Crippen molar-refractivity contribution in [3.63, 3.8) is 0 Å². The predicted octanol–water partition coefficient (Wildman–Crippen LogP) is 5.81. The number of thiophene rings is 1. The highest BCUT2D eigenvalue weighted by Crippen LogP contribution is 2.29. The van der Waals surface area contributed by atoms with Gasteiger partial charge in [0.25, 0.3) is 5.91 Å². The molecule has 30 heavy (non-hydrogen) atoms. The zero-order valence-corrected chi connectivity index (χ0v) is 16.6. The molecule has 8 heteroatoms. The van der Waals surface area contributed by atoms with Crippen LogP contribution in [0, 0.1) is 5.82 Å². The molecule has 3 aromatic rings. The molecule has 0 spiro atoms. The van der Waals surface area contributed by atoms with Crippen molar-refractivity contribution >= 4 is 22.9 Å². The number of fused-ring (bicyclic) bond motifs is 1. The van der Waals surface area contributed by atoms with E-state index in [0.29, 0.717) is 11.5 Å². The number of carbonyl (C=O) groups excluding carboxylic acids is 1. The minimum atomic E-state index is -3.13. The molecule has 1 aliphatic carbocycles. The topological polar surface area (TPSA) is 47.6 Å². The number of alkyl halides is 2. The van der Waals surface area contributed by atoms with E-state index in [9.17, 15) is 18.0 Å². The Hall–Kier alpha value is -3.00. The summed E-state index contributed by atoms with van der Waals surface area (Å²) < 4.78 is 48.5. The third-order valence-corrected chi connectivity index (χ3v) is 5.74. The second-order valence-electron chi connectivity index (χ2n) is 6.87. The molecule has 0 fully saturated rings. The first-order valence-corrected chi connectivity index (χ1v) is 10.2. The number of hydrogen-bond acceptors (Lipinski definition) is 4. The van der Waals surface area contributed by atoms with Crippen molar-refractivity contribution in [2.45, 2.75) is 32.5 Å². The Morgan fingerprint density at radius 2 is 1.93 bits per heavy atom. The van der Waals surface area contributed by atoms with E-state index in [4.69, 9.17) is 4.74 Å². The van der Waals surface area contributed by atoms with Crippen molar-refractivity contribution in [1.29, 1.82) is 0 Å². The molecule has 0 bridgehead atoms. The van der Waals surface area contributed by atoms with Crippen LogP contribution in [0.15, 0.2) is 47.8 Å². The summed E-state index contributed by atoms with van der Waals surface area (Å²) in [5.74, 6) is -0.900. The Labute approximate surface area is 175 Å². The number of benzene rings is 2. The van der Waals surface area contributed by atoms with Gasteiger partial charge in [-0.05, 0) is 66.1 Å². The number of halogens is 3. The lowest BCUT2D eigenvalue weighted by Crippen LogP contribution is -2.13. The Kier molecular flexibility index (Phi) is 5.94. The van der Waals surface area contributed by atoms with Gasteiger partial charge >= 0.3 is 6.61 Å². The number of carbonyl (C=O) groups is 1. The molecule has 156 valence electrons. The number of nitrogens with one attached hydrogen (secondary N) is 1. The average molecular weight is 433 g/mol. The molecule has 0 saturated heterocycles. The third kappa shape index (κ3) is 4.76. The van der Waals surface area contributed by atoms with E-state index < -0.39 is 24.1 Å². The van der Waals surface area contributed by atoms with E-state index in [1.165, 1.54) is 35.0 Å². The molecule has 0 saturated carbocycles. The van der Waals surface area contributed by atoms with Gasteiger partial charge in [-0.1, -0.05) is 6.07 Å². The van der Waals surface area contributed by atoms with Gasteiger partial charge in [-0.2, -0.15) is 8.78 Å². The lowest BCUT2D eigenvalue weighted by Gasteiger charge is -2.11. The van der Waals surface area contributed by atoms with E-state index in [1.54, 1.807) is 11.4 Å². The SMILES string of the molecule is O=C(Nc1ccc(F)cc1OC(F)F)c1cc(COc2ccc3c(c2)CCC3)cs1. The summed E-state index contributed by atoms with van der Waals surface area (Å²) in [6, 6.07) is 10.8. The number of ether oxygens (including phenoxy) is 2. The summed E-state index contributed by atoms with van der Waals surface area (Å²) in [5.41, 5.74) is 3.46. The Bertz CT molecular complexity index is 1070. The summed E-state index contributed by atoms with van der Waals surface area (Å²) in [6.07, 6.45) is 3.34. The van der Waals surface area contributed by atoms with E-state index in [2.05, 4.69) is 22.2 Å². The van der Waals surface area contributed by atoms with Crippen LogP contribution in [-0.4, -0.2) is 12.5 Å². The number of amides is 1. The van der Waals surface area contributed by atoms with Gasteiger partial charge in [0.2, 0.25) is 0 Å². The molecule has 2 aromatic carbocycles. The van der Waals surface area contributed by atoms with Gasteiger partial charge in [0.1, 0.15) is 18.2 Å². The van der Waals surface area contributed by atoms with Gasteiger partial charge < -0.3 is 14.8 Å². The average Bonchev–Trinajstić information content (AvgIpc) is 3.36. The van der Waals surface area contributed by atoms with Gasteiger partial charge in [-0.3, -0.25) is 4.79 Å². The van der Waals surface area contributed by atoms with Gasteiger partial charge in [-0.15, -0.1) is 11.3 Å². The molecule has 1 heterocycles. The maximum atomic E-state index is 13.3. The second-order valence-corrected chi connectivity index (χ2v) is 7.78. The van der Waals surface area contributed by atoms with Crippen LogP contribution in [0.2, 0.25) is 0 Å². The normalized spacial score (nSPS) is 12.7. The first kappa shape index (κ1) is 20.3. The molecular formula is C22H18F3NO3S. The van der Waals surface area contributed by atoms with E-state index in [0.717, 1.165) is 36.3 Å². The largest absolute Gasteiger partial charge is 0.489 e. The molecular weight excluding hydrogens is 415 g/mol. The second kappa shape index (κ2) is 8.79. The highest BCUT2D eigenvalue weighted by molar-refractivity contribution is 7.12. The standard InChI is InChI=1S/C22H18F3NO3S/c23-16-5-7-18(19(10-16)29-22(24)25)26-21(27)20-8-13(12-30-20)11-28-17-6-4-14-2-1-3-15(14)9-17/h4-10,12,22H,1-3,11H2,(H,26,27). The maximum absolute atomic E-state index is 13.3. The lowest BCUT2D eigenvalue weighted by molar-refractivity contribution is -0.0495. The van der Waals surface area contributed by atoms with Crippen LogP contribution >= 0.6 is 11.3 Å². The first-order chi connectivity index (χ1) is 14.5. The summed E-state index contributed by atoms with van der Waals surface area (Å²) >= 11 is 1.20. The molecule has 0 atom stereocenters.